The Kier molecular flexibility index (Phi) is 3.08. The Balaban J connectivity index is 1.88. The molecule has 0 radical (unpaired) electrons. The van der Waals surface area contributed by atoms with E-state index in [0.29, 0.717) is 0 Å². The van der Waals surface area contributed by atoms with E-state index in [1.165, 1.54) is 0 Å². The molecule has 3 aromatic heterocycles. The van der Waals surface area contributed by atoms with Crippen molar-refractivity contribution < 1.29 is 0 Å². The number of imidazole rings is 1. The lowest BCUT2D eigenvalue weighted by atomic mass is 10.1. The molecule has 0 spiro atoms. The van der Waals surface area contributed by atoms with E-state index in [1.807, 2.05) is 22.9 Å². The van der Waals surface area contributed by atoms with Gasteiger partial charge in [-0.2, -0.15) is 0 Å². The standard InChI is InChI=1S/C17H16N6/c1-12-8-15(13(2)23(12)22-10-20-21-11-22)17-16(18-9-19-17)14-6-4-3-5-7-14/h3-11H,1-2H3,(H,18,19). The van der Waals surface area contributed by atoms with E-state index in [4.69, 9.17) is 0 Å². The number of benzene rings is 1. The van der Waals surface area contributed by atoms with Crippen LogP contribution in [-0.2, 0) is 0 Å². The number of aryl methyl sites for hydroxylation is 1. The number of rotatable bonds is 3. The van der Waals surface area contributed by atoms with Gasteiger partial charge in [-0.25, -0.2) is 9.66 Å². The molecule has 0 fully saturated rings. The largest absolute Gasteiger partial charge is 0.344 e. The summed E-state index contributed by atoms with van der Waals surface area (Å²) < 4.78 is 3.94. The van der Waals surface area contributed by atoms with Gasteiger partial charge >= 0.3 is 0 Å². The molecule has 0 saturated heterocycles. The second kappa shape index (κ2) is 5.24. The molecule has 0 aliphatic heterocycles. The lowest BCUT2D eigenvalue weighted by molar-refractivity contribution is 0.622. The zero-order chi connectivity index (χ0) is 15.8. The van der Waals surface area contributed by atoms with Crippen molar-refractivity contribution in [2.24, 2.45) is 0 Å². The van der Waals surface area contributed by atoms with Crippen LogP contribution in [0.1, 0.15) is 11.4 Å². The Morgan fingerprint density at radius 2 is 1.74 bits per heavy atom. The first-order chi connectivity index (χ1) is 11.3. The third-order valence-corrected chi connectivity index (χ3v) is 3.99. The van der Waals surface area contributed by atoms with Crippen molar-refractivity contribution >= 4 is 0 Å². The maximum Gasteiger partial charge on any atom is 0.139 e. The van der Waals surface area contributed by atoms with Gasteiger partial charge in [-0.15, -0.1) is 10.2 Å². The molecular weight excluding hydrogens is 288 g/mol. The average molecular weight is 304 g/mol. The van der Waals surface area contributed by atoms with Crippen LogP contribution >= 0.6 is 0 Å². The summed E-state index contributed by atoms with van der Waals surface area (Å²) in [6, 6.07) is 12.3. The molecule has 0 bridgehead atoms. The van der Waals surface area contributed by atoms with E-state index >= 15 is 0 Å². The summed E-state index contributed by atoms with van der Waals surface area (Å²) in [5, 5.41) is 7.78. The van der Waals surface area contributed by atoms with Crippen LogP contribution in [0.15, 0.2) is 55.4 Å². The highest BCUT2D eigenvalue weighted by atomic mass is 15.5. The van der Waals surface area contributed by atoms with Crippen molar-refractivity contribution in [1.82, 2.24) is 29.5 Å². The molecule has 6 nitrogen and oxygen atoms in total. The molecule has 1 N–H and O–H groups in total. The van der Waals surface area contributed by atoms with E-state index in [0.717, 1.165) is 33.9 Å². The van der Waals surface area contributed by atoms with Crippen LogP contribution in [0.25, 0.3) is 22.5 Å². The van der Waals surface area contributed by atoms with Gasteiger partial charge in [0.2, 0.25) is 0 Å². The van der Waals surface area contributed by atoms with Crippen LogP contribution in [0, 0.1) is 13.8 Å². The zero-order valence-electron chi connectivity index (χ0n) is 12.9. The maximum atomic E-state index is 4.51. The van der Waals surface area contributed by atoms with Gasteiger partial charge in [0, 0.05) is 22.5 Å². The summed E-state index contributed by atoms with van der Waals surface area (Å²) >= 11 is 0. The lowest BCUT2D eigenvalue weighted by Crippen LogP contribution is -2.10. The van der Waals surface area contributed by atoms with Crippen molar-refractivity contribution in [3.63, 3.8) is 0 Å². The van der Waals surface area contributed by atoms with Gasteiger partial charge in [0.15, 0.2) is 0 Å². The first kappa shape index (κ1) is 13.5. The Labute approximate surface area is 133 Å². The molecule has 0 aliphatic carbocycles. The van der Waals surface area contributed by atoms with Gasteiger partial charge in [0.25, 0.3) is 0 Å². The second-order valence-electron chi connectivity index (χ2n) is 5.43. The molecule has 4 rings (SSSR count). The molecule has 23 heavy (non-hydrogen) atoms. The molecule has 4 aromatic rings. The zero-order valence-corrected chi connectivity index (χ0v) is 12.9. The highest BCUT2D eigenvalue weighted by molar-refractivity contribution is 5.79. The molecule has 3 heterocycles. The first-order valence-corrected chi connectivity index (χ1v) is 7.39. The molecule has 0 unspecified atom stereocenters. The average Bonchev–Trinajstić information content (AvgIpc) is 3.28. The van der Waals surface area contributed by atoms with Gasteiger partial charge < -0.3 is 4.98 Å². The third kappa shape index (κ3) is 2.15. The normalized spacial score (nSPS) is 11.0. The summed E-state index contributed by atoms with van der Waals surface area (Å²) in [6.07, 6.45) is 5.12. The molecular formula is C17H16N6. The smallest absolute Gasteiger partial charge is 0.139 e. The number of nitrogens with one attached hydrogen (secondary N) is 1. The Bertz CT molecular complexity index is 931. The van der Waals surface area contributed by atoms with Crippen LogP contribution in [0.3, 0.4) is 0 Å². The van der Waals surface area contributed by atoms with Crippen LogP contribution < -0.4 is 0 Å². The van der Waals surface area contributed by atoms with Gasteiger partial charge in [-0.3, -0.25) is 4.68 Å². The monoisotopic (exact) mass is 304 g/mol. The lowest BCUT2D eigenvalue weighted by Gasteiger charge is -2.09. The maximum absolute atomic E-state index is 4.51. The fraction of sp³-hybridized carbons (Fsp3) is 0.118. The van der Waals surface area contributed by atoms with Crippen LogP contribution in [-0.4, -0.2) is 29.5 Å². The SMILES string of the molecule is Cc1cc(-c2[nH]cnc2-c2ccccc2)c(C)n1-n1cnnc1. The highest BCUT2D eigenvalue weighted by Crippen LogP contribution is 2.32. The summed E-state index contributed by atoms with van der Waals surface area (Å²) in [4.78, 5) is 7.79. The van der Waals surface area contributed by atoms with Crippen molar-refractivity contribution in [1.29, 1.82) is 0 Å². The van der Waals surface area contributed by atoms with Gasteiger partial charge in [0.05, 0.1) is 17.7 Å². The van der Waals surface area contributed by atoms with Crippen molar-refractivity contribution in [2.75, 3.05) is 0 Å². The Hall–Kier alpha value is -3.15. The minimum Gasteiger partial charge on any atom is -0.344 e. The van der Waals surface area contributed by atoms with E-state index in [1.54, 1.807) is 19.0 Å². The van der Waals surface area contributed by atoms with Crippen LogP contribution in [0.2, 0.25) is 0 Å². The predicted molar refractivity (Wildman–Crippen MR) is 87.7 cm³/mol. The van der Waals surface area contributed by atoms with Crippen molar-refractivity contribution in [2.45, 2.75) is 13.8 Å². The second-order valence-corrected chi connectivity index (χ2v) is 5.43. The minimum absolute atomic E-state index is 0.953. The number of hydrogen-bond donors (Lipinski definition) is 1. The summed E-state index contributed by atoms with van der Waals surface area (Å²) in [5.74, 6) is 0. The number of aromatic nitrogens is 6. The summed E-state index contributed by atoms with van der Waals surface area (Å²) in [7, 11) is 0. The number of hydrogen-bond acceptors (Lipinski definition) is 3. The molecule has 0 atom stereocenters. The number of nitrogens with zero attached hydrogens (tertiary/aromatic N) is 5. The molecule has 0 aliphatic rings. The van der Waals surface area contributed by atoms with Crippen molar-refractivity contribution in [3.05, 3.63) is 66.8 Å². The fourth-order valence-corrected chi connectivity index (χ4v) is 2.97. The van der Waals surface area contributed by atoms with Gasteiger partial charge in [-0.05, 0) is 19.9 Å². The third-order valence-electron chi connectivity index (χ3n) is 3.99. The Morgan fingerprint density at radius 3 is 2.48 bits per heavy atom. The van der Waals surface area contributed by atoms with Crippen molar-refractivity contribution in [3.8, 4) is 22.5 Å². The summed E-state index contributed by atoms with van der Waals surface area (Å²) in [5.41, 5.74) is 6.39. The first-order valence-electron chi connectivity index (χ1n) is 7.39. The van der Waals surface area contributed by atoms with E-state index in [9.17, 15) is 0 Å². The van der Waals surface area contributed by atoms with E-state index in [-0.39, 0.29) is 0 Å². The molecule has 1 aromatic carbocycles. The topological polar surface area (TPSA) is 64.3 Å². The summed E-state index contributed by atoms with van der Waals surface area (Å²) in [6.45, 7) is 4.15. The molecule has 6 heteroatoms. The Morgan fingerprint density at radius 1 is 1.00 bits per heavy atom. The van der Waals surface area contributed by atoms with Gasteiger partial charge in [-0.1, -0.05) is 30.3 Å². The molecule has 114 valence electrons. The quantitative estimate of drug-likeness (QED) is 0.632. The highest BCUT2D eigenvalue weighted by Gasteiger charge is 2.17. The minimum atomic E-state index is 0.953. The van der Waals surface area contributed by atoms with Gasteiger partial charge in [0.1, 0.15) is 12.7 Å². The molecule has 0 amide bonds. The van der Waals surface area contributed by atoms with E-state index < -0.39 is 0 Å². The number of H-pyrrole nitrogens is 1. The predicted octanol–water partition coefficient (Wildman–Crippen LogP) is 3.06. The van der Waals surface area contributed by atoms with Crippen LogP contribution in [0.5, 0.6) is 0 Å². The fourth-order valence-electron chi connectivity index (χ4n) is 2.97. The van der Waals surface area contributed by atoms with E-state index in [2.05, 4.69) is 56.9 Å². The van der Waals surface area contributed by atoms with Crippen LogP contribution in [0.4, 0.5) is 0 Å². The molecule has 0 saturated carbocycles. The number of aromatic amines is 1.